The molecule has 1 saturated carbocycles. The van der Waals surface area contributed by atoms with Crippen molar-refractivity contribution < 1.29 is 14.4 Å². The molecule has 23 heavy (non-hydrogen) atoms. The van der Waals surface area contributed by atoms with Gasteiger partial charge in [0.2, 0.25) is 0 Å². The van der Waals surface area contributed by atoms with E-state index in [9.17, 15) is 4.79 Å². The molecule has 1 aliphatic rings. The monoisotopic (exact) mass is 334 g/mol. The van der Waals surface area contributed by atoms with E-state index in [4.69, 9.17) is 21.2 Å². The predicted molar refractivity (Wildman–Crippen MR) is 87.2 cm³/mol. The molecule has 1 aromatic heterocycles. The molecule has 1 amide bonds. The SMILES string of the molecule is O=C(NC1CCC(CO)CC1)c1cc(-c2cccc(Cl)c2)on1. The smallest absolute Gasteiger partial charge is 0.273 e. The molecule has 6 heteroatoms. The molecule has 2 N–H and O–H groups in total. The van der Waals surface area contributed by atoms with Crippen molar-refractivity contribution in [3.63, 3.8) is 0 Å². The van der Waals surface area contributed by atoms with Crippen molar-refractivity contribution in [1.29, 1.82) is 0 Å². The molecule has 122 valence electrons. The summed E-state index contributed by atoms with van der Waals surface area (Å²) >= 11 is 5.96. The second-order valence-electron chi connectivity index (χ2n) is 5.96. The normalized spacial score (nSPS) is 21.1. The zero-order chi connectivity index (χ0) is 16.2. The van der Waals surface area contributed by atoms with Crippen LogP contribution >= 0.6 is 11.6 Å². The molecule has 1 aromatic carbocycles. The Kier molecular flexibility index (Phi) is 4.98. The second kappa shape index (κ2) is 7.15. The molecular formula is C17H19ClN2O3. The fraction of sp³-hybridized carbons (Fsp3) is 0.412. The number of aromatic nitrogens is 1. The lowest BCUT2D eigenvalue weighted by atomic mass is 9.86. The number of aliphatic hydroxyl groups is 1. The third-order valence-electron chi connectivity index (χ3n) is 4.29. The summed E-state index contributed by atoms with van der Waals surface area (Å²) in [5.41, 5.74) is 1.05. The van der Waals surface area contributed by atoms with Gasteiger partial charge >= 0.3 is 0 Å². The molecule has 0 spiro atoms. The number of benzene rings is 1. The highest BCUT2D eigenvalue weighted by atomic mass is 35.5. The Hall–Kier alpha value is -1.85. The maximum absolute atomic E-state index is 12.3. The standard InChI is InChI=1S/C17H19ClN2O3/c18-13-3-1-2-12(8-13)16-9-15(20-23-16)17(22)19-14-6-4-11(10-21)5-7-14/h1-3,8-9,11,14,21H,4-7,10H2,(H,19,22). The fourth-order valence-corrected chi connectivity index (χ4v) is 3.10. The van der Waals surface area contributed by atoms with Crippen molar-refractivity contribution in [1.82, 2.24) is 10.5 Å². The molecule has 1 fully saturated rings. The fourth-order valence-electron chi connectivity index (χ4n) is 2.91. The van der Waals surface area contributed by atoms with E-state index in [-0.39, 0.29) is 24.2 Å². The largest absolute Gasteiger partial charge is 0.396 e. The van der Waals surface area contributed by atoms with E-state index in [0.717, 1.165) is 31.2 Å². The van der Waals surface area contributed by atoms with Crippen LogP contribution in [-0.4, -0.2) is 28.8 Å². The number of rotatable bonds is 4. The molecule has 0 saturated heterocycles. The highest BCUT2D eigenvalue weighted by Crippen LogP contribution is 2.25. The summed E-state index contributed by atoms with van der Waals surface area (Å²) < 4.78 is 5.25. The lowest BCUT2D eigenvalue weighted by molar-refractivity contribution is 0.0905. The zero-order valence-electron chi connectivity index (χ0n) is 12.7. The van der Waals surface area contributed by atoms with Gasteiger partial charge < -0.3 is 14.9 Å². The highest BCUT2D eigenvalue weighted by Gasteiger charge is 2.23. The third-order valence-corrected chi connectivity index (χ3v) is 4.53. The van der Waals surface area contributed by atoms with E-state index in [1.165, 1.54) is 0 Å². The van der Waals surface area contributed by atoms with Gasteiger partial charge in [-0.2, -0.15) is 0 Å². The number of hydrogen-bond acceptors (Lipinski definition) is 4. The van der Waals surface area contributed by atoms with Gasteiger partial charge in [-0.05, 0) is 43.7 Å². The molecule has 0 bridgehead atoms. The summed E-state index contributed by atoms with van der Waals surface area (Å²) in [5, 5.41) is 16.6. The van der Waals surface area contributed by atoms with E-state index in [1.807, 2.05) is 12.1 Å². The van der Waals surface area contributed by atoms with E-state index in [2.05, 4.69) is 10.5 Å². The summed E-state index contributed by atoms with van der Waals surface area (Å²) in [6, 6.07) is 8.97. The number of hydrogen-bond donors (Lipinski definition) is 2. The van der Waals surface area contributed by atoms with E-state index in [0.29, 0.717) is 16.7 Å². The van der Waals surface area contributed by atoms with Crippen molar-refractivity contribution in [3.8, 4) is 11.3 Å². The number of aliphatic hydroxyl groups excluding tert-OH is 1. The minimum absolute atomic E-state index is 0.136. The maximum Gasteiger partial charge on any atom is 0.273 e. The van der Waals surface area contributed by atoms with Gasteiger partial charge in [0.1, 0.15) is 0 Å². The van der Waals surface area contributed by atoms with Crippen LogP contribution in [0.15, 0.2) is 34.9 Å². The average molecular weight is 335 g/mol. The van der Waals surface area contributed by atoms with Gasteiger partial charge in [0.25, 0.3) is 5.91 Å². The molecular weight excluding hydrogens is 316 g/mol. The van der Waals surface area contributed by atoms with E-state index in [1.54, 1.807) is 18.2 Å². The first-order valence-electron chi connectivity index (χ1n) is 7.80. The minimum Gasteiger partial charge on any atom is -0.396 e. The molecule has 3 rings (SSSR count). The first kappa shape index (κ1) is 16.0. The molecule has 2 aromatic rings. The lowest BCUT2D eigenvalue weighted by Gasteiger charge is -2.27. The van der Waals surface area contributed by atoms with Gasteiger partial charge in [0, 0.05) is 29.3 Å². The maximum atomic E-state index is 12.3. The van der Waals surface area contributed by atoms with Crippen LogP contribution in [0.3, 0.4) is 0 Å². The summed E-state index contributed by atoms with van der Waals surface area (Å²) in [7, 11) is 0. The van der Waals surface area contributed by atoms with Gasteiger partial charge in [-0.15, -0.1) is 0 Å². The van der Waals surface area contributed by atoms with Crippen LogP contribution in [0.4, 0.5) is 0 Å². The Bertz CT molecular complexity index is 678. The van der Waals surface area contributed by atoms with Crippen molar-refractivity contribution in [2.45, 2.75) is 31.7 Å². The second-order valence-corrected chi connectivity index (χ2v) is 6.40. The van der Waals surface area contributed by atoms with Crippen molar-refractivity contribution >= 4 is 17.5 Å². The number of carbonyl (C=O) groups excluding carboxylic acids is 1. The van der Waals surface area contributed by atoms with Gasteiger partial charge in [-0.1, -0.05) is 28.9 Å². The zero-order valence-corrected chi connectivity index (χ0v) is 13.4. The van der Waals surface area contributed by atoms with Crippen molar-refractivity contribution in [2.75, 3.05) is 6.61 Å². The minimum atomic E-state index is -0.227. The summed E-state index contributed by atoms with van der Waals surface area (Å²) in [4.78, 5) is 12.3. The summed E-state index contributed by atoms with van der Waals surface area (Å²) in [6.45, 7) is 0.229. The van der Waals surface area contributed by atoms with Gasteiger partial charge in [-0.25, -0.2) is 0 Å². The van der Waals surface area contributed by atoms with Gasteiger partial charge in [0.15, 0.2) is 11.5 Å². The summed E-state index contributed by atoms with van der Waals surface area (Å²) in [6.07, 6.45) is 3.65. The topological polar surface area (TPSA) is 75.4 Å². The molecule has 1 aliphatic carbocycles. The predicted octanol–water partition coefficient (Wildman–Crippen LogP) is 3.28. The van der Waals surface area contributed by atoms with E-state index < -0.39 is 0 Å². The number of nitrogens with one attached hydrogen (secondary N) is 1. The van der Waals surface area contributed by atoms with Crippen molar-refractivity contribution in [2.24, 2.45) is 5.92 Å². The quantitative estimate of drug-likeness (QED) is 0.899. The Morgan fingerprint density at radius 1 is 1.30 bits per heavy atom. The van der Waals surface area contributed by atoms with Crippen LogP contribution < -0.4 is 5.32 Å². The van der Waals surface area contributed by atoms with Crippen LogP contribution in [-0.2, 0) is 0 Å². The lowest BCUT2D eigenvalue weighted by Crippen LogP contribution is -2.38. The first-order valence-corrected chi connectivity index (χ1v) is 8.18. The van der Waals surface area contributed by atoms with Crippen LogP contribution in [0, 0.1) is 5.92 Å². The number of carbonyl (C=O) groups is 1. The molecule has 1 heterocycles. The third kappa shape index (κ3) is 3.92. The van der Waals surface area contributed by atoms with Gasteiger partial charge in [0.05, 0.1) is 0 Å². The van der Waals surface area contributed by atoms with Gasteiger partial charge in [-0.3, -0.25) is 4.79 Å². The van der Waals surface area contributed by atoms with Crippen LogP contribution in [0.25, 0.3) is 11.3 Å². The Labute approximate surface area is 139 Å². The van der Waals surface area contributed by atoms with E-state index >= 15 is 0 Å². The summed E-state index contributed by atoms with van der Waals surface area (Å²) in [5.74, 6) is 0.653. The molecule has 0 radical (unpaired) electrons. The first-order chi connectivity index (χ1) is 11.2. The average Bonchev–Trinajstić information content (AvgIpc) is 3.06. The Balaban J connectivity index is 1.63. The number of halogens is 1. The van der Waals surface area contributed by atoms with Crippen LogP contribution in [0.2, 0.25) is 5.02 Å². The van der Waals surface area contributed by atoms with Crippen LogP contribution in [0.1, 0.15) is 36.2 Å². The molecule has 0 unspecified atom stereocenters. The Morgan fingerprint density at radius 3 is 2.78 bits per heavy atom. The van der Waals surface area contributed by atoms with Crippen molar-refractivity contribution in [3.05, 3.63) is 41.0 Å². The highest BCUT2D eigenvalue weighted by molar-refractivity contribution is 6.30. The number of nitrogens with zero attached hydrogens (tertiary/aromatic N) is 1. The number of amides is 1. The van der Waals surface area contributed by atoms with Crippen LogP contribution in [0.5, 0.6) is 0 Å². The Morgan fingerprint density at radius 2 is 2.09 bits per heavy atom. The molecule has 0 atom stereocenters. The molecule has 0 aliphatic heterocycles. The molecule has 5 nitrogen and oxygen atoms in total.